The van der Waals surface area contributed by atoms with Gasteiger partial charge in [0.05, 0.1) is 12.2 Å². The van der Waals surface area contributed by atoms with E-state index in [1.54, 1.807) is 0 Å². The number of hydrogen-bond acceptors (Lipinski definition) is 4. The van der Waals surface area contributed by atoms with E-state index in [2.05, 4.69) is 0 Å². The van der Waals surface area contributed by atoms with Gasteiger partial charge in [0.1, 0.15) is 5.76 Å². The average molecular weight is 334 g/mol. The minimum absolute atomic E-state index is 0.122. The van der Waals surface area contributed by atoms with E-state index in [4.69, 9.17) is 4.74 Å². The van der Waals surface area contributed by atoms with Gasteiger partial charge >= 0.3 is 5.97 Å². The monoisotopic (exact) mass is 334 g/mol. The fourth-order valence-electron chi connectivity index (χ4n) is 4.34. The molecule has 0 radical (unpaired) electrons. The first-order valence-corrected chi connectivity index (χ1v) is 9.62. The predicted octanol–water partition coefficient (Wildman–Crippen LogP) is 3.63. The maximum Gasteiger partial charge on any atom is 0.310 e. The normalized spacial score (nSPS) is 31.3. The van der Waals surface area contributed by atoms with Crippen LogP contribution < -0.4 is 0 Å². The Morgan fingerprint density at radius 1 is 1.04 bits per heavy atom. The molecule has 2 N–H and O–H groups in total. The minimum atomic E-state index is -0.546. The molecular weight excluding hydrogens is 304 g/mol. The summed E-state index contributed by atoms with van der Waals surface area (Å²) in [7, 11) is 0. The number of hydrogen-bond donors (Lipinski definition) is 2. The lowest BCUT2D eigenvalue weighted by molar-refractivity contribution is -0.140. The van der Waals surface area contributed by atoms with Crippen LogP contribution in [0.4, 0.5) is 0 Å². The van der Waals surface area contributed by atoms with Gasteiger partial charge in [0.25, 0.3) is 0 Å². The van der Waals surface area contributed by atoms with Crippen molar-refractivity contribution in [3.8, 4) is 0 Å². The highest BCUT2D eigenvalue weighted by Crippen LogP contribution is 2.38. The largest absolute Gasteiger partial charge is 0.431 e. The molecule has 0 aromatic rings. The van der Waals surface area contributed by atoms with Gasteiger partial charge < -0.3 is 14.9 Å². The second kappa shape index (κ2) is 8.30. The standard InChI is InChI=1S/C20H30O4/c21-17(14-7-5-6-8-14)12-11-15-16-9-3-1-2-4-10-20(23)24-19(16)13-18(15)22/h11-12,14-15,17-18,21-22H,1-10,13H2/b12-11+/t15-,17-,18-/m1/s1. The fraction of sp³-hybridized carbons (Fsp3) is 0.750. The molecule has 1 aliphatic heterocycles. The zero-order valence-electron chi connectivity index (χ0n) is 14.5. The van der Waals surface area contributed by atoms with E-state index in [0.29, 0.717) is 24.5 Å². The van der Waals surface area contributed by atoms with Gasteiger partial charge in [-0.2, -0.15) is 0 Å². The molecule has 0 aromatic heterocycles. The quantitative estimate of drug-likeness (QED) is 0.611. The SMILES string of the molecule is O=C1CCCCCCC2=C(C[C@@H](O)[C@@H]2/C=C/[C@@H](O)C2CCCC2)O1. The third kappa shape index (κ3) is 4.28. The zero-order chi connectivity index (χ0) is 16.9. The topological polar surface area (TPSA) is 66.8 Å². The molecule has 1 saturated carbocycles. The van der Waals surface area contributed by atoms with E-state index in [1.807, 2.05) is 12.2 Å². The first-order chi connectivity index (χ1) is 11.6. The summed E-state index contributed by atoms with van der Waals surface area (Å²) in [6.07, 6.45) is 13.3. The summed E-state index contributed by atoms with van der Waals surface area (Å²) >= 11 is 0. The van der Waals surface area contributed by atoms with Crippen LogP contribution in [0.2, 0.25) is 0 Å². The molecule has 0 amide bonds. The van der Waals surface area contributed by atoms with Gasteiger partial charge in [-0.25, -0.2) is 0 Å². The highest BCUT2D eigenvalue weighted by molar-refractivity contribution is 5.70. The first-order valence-electron chi connectivity index (χ1n) is 9.62. The molecule has 0 saturated heterocycles. The Kier molecular flexibility index (Phi) is 6.12. The highest BCUT2D eigenvalue weighted by Gasteiger charge is 2.34. The van der Waals surface area contributed by atoms with Crippen molar-refractivity contribution in [3.63, 3.8) is 0 Å². The molecule has 0 bridgehead atoms. The van der Waals surface area contributed by atoms with Crippen molar-refractivity contribution >= 4 is 5.97 Å². The Bertz CT molecular complexity index is 502. The fourth-order valence-corrected chi connectivity index (χ4v) is 4.34. The second-order valence-corrected chi connectivity index (χ2v) is 7.55. The van der Waals surface area contributed by atoms with Crippen molar-refractivity contribution < 1.29 is 19.7 Å². The molecule has 3 atom stereocenters. The second-order valence-electron chi connectivity index (χ2n) is 7.55. The van der Waals surface area contributed by atoms with Crippen molar-refractivity contribution in [1.82, 2.24) is 0 Å². The Morgan fingerprint density at radius 3 is 2.50 bits per heavy atom. The van der Waals surface area contributed by atoms with Crippen LogP contribution in [-0.4, -0.2) is 28.4 Å². The summed E-state index contributed by atoms with van der Waals surface area (Å²) in [4.78, 5) is 11.9. The zero-order valence-corrected chi connectivity index (χ0v) is 14.5. The molecule has 1 heterocycles. The van der Waals surface area contributed by atoms with E-state index in [9.17, 15) is 15.0 Å². The molecule has 4 nitrogen and oxygen atoms in total. The molecule has 3 aliphatic rings. The number of carbonyl (C=O) groups excluding carboxylic acids is 1. The lowest BCUT2D eigenvalue weighted by Gasteiger charge is -2.18. The van der Waals surface area contributed by atoms with Gasteiger partial charge in [0.15, 0.2) is 0 Å². The van der Waals surface area contributed by atoms with Crippen LogP contribution in [0.15, 0.2) is 23.5 Å². The van der Waals surface area contributed by atoms with Gasteiger partial charge in [0, 0.05) is 18.8 Å². The van der Waals surface area contributed by atoms with Crippen molar-refractivity contribution in [3.05, 3.63) is 23.5 Å². The van der Waals surface area contributed by atoms with Crippen molar-refractivity contribution in [2.24, 2.45) is 11.8 Å². The molecule has 2 aliphatic carbocycles. The maximum atomic E-state index is 11.9. The van der Waals surface area contributed by atoms with Crippen LogP contribution in [0.3, 0.4) is 0 Å². The van der Waals surface area contributed by atoms with Gasteiger partial charge in [-0.15, -0.1) is 0 Å². The van der Waals surface area contributed by atoms with Gasteiger partial charge in [-0.3, -0.25) is 4.79 Å². The van der Waals surface area contributed by atoms with Crippen molar-refractivity contribution in [1.29, 1.82) is 0 Å². The summed E-state index contributed by atoms with van der Waals surface area (Å²) in [6.45, 7) is 0. The van der Waals surface area contributed by atoms with Gasteiger partial charge in [-0.1, -0.05) is 37.8 Å². The van der Waals surface area contributed by atoms with Gasteiger partial charge in [0.2, 0.25) is 0 Å². The molecule has 1 fully saturated rings. The molecular formula is C20H30O4. The first kappa shape index (κ1) is 17.7. The van der Waals surface area contributed by atoms with Crippen LogP contribution >= 0.6 is 0 Å². The lowest BCUT2D eigenvalue weighted by atomic mass is 9.92. The Labute approximate surface area is 144 Å². The molecule has 3 rings (SSSR count). The van der Waals surface area contributed by atoms with E-state index in [0.717, 1.165) is 50.5 Å². The van der Waals surface area contributed by atoms with E-state index in [-0.39, 0.29) is 11.9 Å². The van der Waals surface area contributed by atoms with Crippen LogP contribution in [0.25, 0.3) is 0 Å². The van der Waals surface area contributed by atoms with Crippen LogP contribution in [-0.2, 0) is 9.53 Å². The minimum Gasteiger partial charge on any atom is -0.431 e. The van der Waals surface area contributed by atoms with E-state index < -0.39 is 12.2 Å². The van der Waals surface area contributed by atoms with Crippen molar-refractivity contribution in [2.45, 2.75) is 82.8 Å². The Balaban J connectivity index is 1.71. The van der Waals surface area contributed by atoms with Crippen LogP contribution in [0.5, 0.6) is 0 Å². The number of esters is 1. The summed E-state index contributed by atoms with van der Waals surface area (Å²) in [6, 6.07) is 0. The van der Waals surface area contributed by atoms with E-state index >= 15 is 0 Å². The van der Waals surface area contributed by atoms with Crippen molar-refractivity contribution in [2.75, 3.05) is 0 Å². The molecule has 0 spiro atoms. The molecule has 134 valence electrons. The molecule has 0 aromatic carbocycles. The third-order valence-corrected chi connectivity index (χ3v) is 5.78. The Morgan fingerprint density at radius 2 is 1.75 bits per heavy atom. The number of rotatable bonds is 3. The summed E-state index contributed by atoms with van der Waals surface area (Å²) < 4.78 is 5.54. The summed E-state index contributed by atoms with van der Waals surface area (Å²) in [5, 5.41) is 20.8. The molecule has 0 unspecified atom stereocenters. The van der Waals surface area contributed by atoms with Crippen LogP contribution in [0, 0.1) is 11.8 Å². The highest BCUT2D eigenvalue weighted by atomic mass is 16.5. The number of ether oxygens (including phenoxy) is 1. The summed E-state index contributed by atoms with van der Waals surface area (Å²) in [5.41, 5.74) is 1.06. The van der Waals surface area contributed by atoms with Crippen LogP contribution in [0.1, 0.15) is 70.6 Å². The molecule has 24 heavy (non-hydrogen) atoms. The van der Waals surface area contributed by atoms with Gasteiger partial charge in [-0.05, 0) is 43.6 Å². The third-order valence-electron chi connectivity index (χ3n) is 5.78. The number of aliphatic hydroxyl groups is 2. The van der Waals surface area contributed by atoms with E-state index in [1.165, 1.54) is 12.8 Å². The summed E-state index contributed by atoms with van der Waals surface area (Å²) in [5.74, 6) is 0.741. The average Bonchev–Trinajstić information content (AvgIpc) is 3.18. The maximum absolute atomic E-state index is 11.9. The lowest BCUT2D eigenvalue weighted by Crippen LogP contribution is -2.18. The number of aliphatic hydroxyl groups excluding tert-OH is 2. The Hall–Kier alpha value is -1.13. The molecule has 4 heteroatoms. The smallest absolute Gasteiger partial charge is 0.310 e. The number of carbonyl (C=O) groups is 1. The predicted molar refractivity (Wildman–Crippen MR) is 92.0 cm³/mol.